The van der Waals surface area contributed by atoms with Gasteiger partial charge in [-0.25, -0.2) is 9.37 Å². The van der Waals surface area contributed by atoms with Crippen molar-refractivity contribution in [3.63, 3.8) is 0 Å². The summed E-state index contributed by atoms with van der Waals surface area (Å²) in [6.07, 6.45) is 2.18. The summed E-state index contributed by atoms with van der Waals surface area (Å²) in [5, 5.41) is 4.88. The number of nitrogens with one attached hydrogen (secondary N) is 1. The molecule has 2 aromatic heterocycles. The van der Waals surface area contributed by atoms with Crippen LogP contribution in [0.5, 0.6) is 0 Å². The van der Waals surface area contributed by atoms with Crippen molar-refractivity contribution in [1.29, 1.82) is 0 Å². The van der Waals surface area contributed by atoms with Crippen LogP contribution in [0.1, 0.15) is 12.3 Å². The van der Waals surface area contributed by atoms with E-state index in [0.29, 0.717) is 23.8 Å². The molecule has 148 valence electrons. The van der Waals surface area contributed by atoms with Crippen molar-refractivity contribution in [1.82, 2.24) is 4.98 Å². The number of oxazole rings is 1. The van der Waals surface area contributed by atoms with Gasteiger partial charge in [0.1, 0.15) is 17.0 Å². The molecule has 0 saturated heterocycles. The highest BCUT2D eigenvalue weighted by Crippen LogP contribution is 2.30. The Kier molecular flexibility index (Phi) is 4.52. The van der Waals surface area contributed by atoms with Gasteiger partial charge in [-0.15, -0.1) is 0 Å². The zero-order valence-electron chi connectivity index (χ0n) is 15.9. The van der Waals surface area contributed by atoms with Gasteiger partial charge < -0.3 is 14.2 Å². The first-order valence-corrected chi connectivity index (χ1v) is 9.57. The molecule has 0 aliphatic rings. The van der Waals surface area contributed by atoms with Crippen LogP contribution in [-0.2, 0) is 11.2 Å². The van der Waals surface area contributed by atoms with Crippen molar-refractivity contribution in [3.8, 4) is 11.3 Å². The Morgan fingerprint density at radius 2 is 1.73 bits per heavy atom. The third-order valence-corrected chi connectivity index (χ3v) is 4.91. The van der Waals surface area contributed by atoms with E-state index in [1.165, 1.54) is 12.1 Å². The van der Waals surface area contributed by atoms with Gasteiger partial charge in [0, 0.05) is 34.9 Å². The van der Waals surface area contributed by atoms with Crippen LogP contribution in [0.2, 0.25) is 0 Å². The summed E-state index contributed by atoms with van der Waals surface area (Å²) < 4.78 is 24.5. The van der Waals surface area contributed by atoms with Crippen LogP contribution >= 0.6 is 0 Å². The molecule has 0 aliphatic carbocycles. The van der Waals surface area contributed by atoms with Crippen molar-refractivity contribution < 1.29 is 18.0 Å². The minimum Gasteiger partial charge on any atom is -0.456 e. The van der Waals surface area contributed by atoms with E-state index in [0.717, 1.165) is 27.5 Å². The Hall–Kier alpha value is -3.93. The maximum atomic E-state index is 13.0. The number of fused-ring (bicyclic) bond motifs is 3. The van der Waals surface area contributed by atoms with Gasteiger partial charge in [0.05, 0.1) is 6.20 Å². The summed E-state index contributed by atoms with van der Waals surface area (Å²) in [6, 6.07) is 19.4. The largest absolute Gasteiger partial charge is 0.456 e. The first-order chi connectivity index (χ1) is 14.7. The molecule has 3 aromatic carbocycles. The number of para-hydroxylation sites is 1. The second kappa shape index (κ2) is 7.48. The minimum absolute atomic E-state index is 0.135. The normalized spacial score (nSPS) is 11.2. The fraction of sp³-hybridized carbons (Fsp3) is 0.0833. The van der Waals surface area contributed by atoms with Crippen LogP contribution in [0, 0.1) is 5.82 Å². The van der Waals surface area contributed by atoms with Crippen molar-refractivity contribution in [3.05, 3.63) is 84.6 Å². The Labute approximate surface area is 171 Å². The minimum atomic E-state index is -0.309. The molecule has 6 heteroatoms. The molecule has 0 aliphatic heterocycles. The molecule has 2 heterocycles. The van der Waals surface area contributed by atoms with Gasteiger partial charge in [0.2, 0.25) is 5.91 Å². The number of benzene rings is 3. The van der Waals surface area contributed by atoms with Gasteiger partial charge in [-0.1, -0.05) is 18.2 Å². The highest BCUT2D eigenvalue weighted by molar-refractivity contribution is 6.06. The van der Waals surface area contributed by atoms with E-state index in [2.05, 4.69) is 10.3 Å². The van der Waals surface area contributed by atoms with Crippen LogP contribution < -0.4 is 5.32 Å². The first kappa shape index (κ1) is 18.1. The molecule has 5 aromatic rings. The predicted octanol–water partition coefficient (Wildman–Crippen LogP) is 5.95. The number of furan rings is 1. The Balaban J connectivity index is 1.25. The van der Waals surface area contributed by atoms with Gasteiger partial charge in [-0.2, -0.15) is 0 Å². The summed E-state index contributed by atoms with van der Waals surface area (Å²) in [4.78, 5) is 16.6. The average molecular weight is 400 g/mol. The number of carbonyl (C=O) groups excluding carboxylic acids is 1. The van der Waals surface area contributed by atoms with E-state index in [-0.39, 0.29) is 18.1 Å². The monoisotopic (exact) mass is 400 g/mol. The summed E-state index contributed by atoms with van der Waals surface area (Å²) in [5.74, 6) is 0.559. The van der Waals surface area contributed by atoms with Gasteiger partial charge in [-0.3, -0.25) is 4.79 Å². The molecule has 1 N–H and O–H groups in total. The van der Waals surface area contributed by atoms with Gasteiger partial charge >= 0.3 is 0 Å². The molecule has 0 spiro atoms. The van der Waals surface area contributed by atoms with Gasteiger partial charge in [0.15, 0.2) is 11.7 Å². The smallest absolute Gasteiger partial charge is 0.224 e. The highest BCUT2D eigenvalue weighted by atomic mass is 19.1. The summed E-state index contributed by atoms with van der Waals surface area (Å²) in [6.45, 7) is 0. The van der Waals surface area contributed by atoms with E-state index >= 15 is 0 Å². The van der Waals surface area contributed by atoms with E-state index in [4.69, 9.17) is 8.83 Å². The van der Waals surface area contributed by atoms with Crippen molar-refractivity contribution in [2.75, 3.05) is 5.32 Å². The number of hydrogen-bond donors (Lipinski definition) is 1. The van der Waals surface area contributed by atoms with E-state index < -0.39 is 0 Å². The van der Waals surface area contributed by atoms with Crippen LogP contribution in [0.4, 0.5) is 10.1 Å². The molecular weight excluding hydrogens is 383 g/mol. The number of nitrogens with zero attached hydrogens (tertiary/aromatic N) is 1. The van der Waals surface area contributed by atoms with Crippen molar-refractivity contribution in [2.45, 2.75) is 12.8 Å². The Bertz CT molecular complexity index is 1350. The zero-order valence-corrected chi connectivity index (χ0v) is 15.9. The lowest BCUT2D eigenvalue weighted by Gasteiger charge is -2.04. The lowest BCUT2D eigenvalue weighted by Crippen LogP contribution is -2.12. The SMILES string of the molecule is O=C(CCc1ncc(-c2ccc(F)cc2)o1)Nc1ccc2oc3ccccc3c2c1. The maximum Gasteiger partial charge on any atom is 0.224 e. The molecule has 0 radical (unpaired) electrons. The summed E-state index contributed by atoms with van der Waals surface area (Å²) in [7, 11) is 0. The molecule has 0 atom stereocenters. The number of anilines is 1. The molecule has 0 saturated carbocycles. The average Bonchev–Trinajstić information content (AvgIpc) is 3.37. The number of hydrogen-bond acceptors (Lipinski definition) is 4. The number of carbonyl (C=O) groups is 1. The fourth-order valence-electron chi connectivity index (χ4n) is 3.42. The molecule has 0 bridgehead atoms. The first-order valence-electron chi connectivity index (χ1n) is 9.57. The maximum absolute atomic E-state index is 13.0. The third kappa shape index (κ3) is 3.55. The van der Waals surface area contributed by atoms with E-state index in [1.54, 1.807) is 18.3 Å². The topological polar surface area (TPSA) is 68.3 Å². The van der Waals surface area contributed by atoms with Gasteiger partial charge in [0.25, 0.3) is 0 Å². The lowest BCUT2D eigenvalue weighted by molar-refractivity contribution is -0.116. The molecule has 0 unspecified atom stereocenters. The van der Waals surface area contributed by atoms with Crippen molar-refractivity contribution >= 4 is 33.5 Å². The van der Waals surface area contributed by atoms with Gasteiger partial charge in [-0.05, 0) is 48.5 Å². The molecule has 1 amide bonds. The second-order valence-corrected chi connectivity index (χ2v) is 6.98. The molecule has 5 nitrogen and oxygen atoms in total. The van der Waals surface area contributed by atoms with E-state index in [9.17, 15) is 9.18 Å². The van der Waals surface area contributed by atoms with Crippen molar-refractivity contribution in [2.24, 2.45) is 0 Å². The van der Waals surface area contributed by atoms with Crippen LogP contribution in [0.3, 0.4) is 0 Å². The molecule has 30 heavy (non-hydrogen) atoms. The number of halogens is 1. The number of rotatable bonds is 5. The zero-order chi connectivity index (χ0) is 20.5. The van der Waals surface area contributed by atoms with Crippen LogP contribution in [0.15, 0.2) is 81.8 Å². The molecule has 5 rings (SSSR count). The summed E-state index contributed by atoms with van der Waals surface area (Å²) >= 11 is 0. The quantitative estimate of drug-likeness (QED) is 0.396. The van der Waals surface area contributed by atoms with Crippen LogP contribution in [-0.4, -0.2) is 10.9 Å². The number of aryl methyl sites for hydroxylation is 1. The van der Waals surface area contributed by atoms with Crippen LogP contribution in [0.25, 0.3) is 33.3 Å². The Morgan fingerprint density at radius 1 is 0.933 bits per heavy atom. The number of amides is 1. The molecular formula is C24H17FN2O3. The second-order valence-electron chi connectivity index (χ2n) is 6.98. The predicted molar refractivity (Wildman–Crippen MR) is 113 cm³/mol. The summed E-state index contributed by atoms with van der Waals surface area (Å²) in [5.41, 5.74) is 3.04. The third-order valence-electron chi connectivity index (χ3n) is 4.91. The standard InChI is InChI=1S/C24H17FN2O3/c25-16-7-5-15(6-8-16)22-14-26-24(30-22)12-11-23(28)27-17-9-10-21-19(13-17)18-3-1-2-4-20(18)29-21/h1-10,13-14H,11-12H2,(H,27,28). The molecule has 0 fully saturated rings. The fourth-order valence-corrected chi connectivity index (χ4v) is 3.42. The number of aromatic nitrogens is 1. The highest BCUT2D eigenvalue weighted by Gasteiger charge is 2.11. The lowest BCUT2D eigenvalue weighted by atomic mass is 10.1. The van der Waals surface area contributed by atoms with E-state index in [1.807, 2.05) is 42.5 Å². The Morgan fingerprint density at radius 3 is 2.60 bits per heavy atom.